The summed E-state index contributed by atoms with van der Waals surface area (Å²) < 4.78 is 32.1. The molecule has 5 rings (SSSR count). The minimum Gasteiger partial charge on any atom is -0.457 e. The van der Waals surface area contributed by atoms with E-state index in [9.17, 15) is 23.2 Å². The Bertz CT molecular complexity index is 1530. The van der Waals surface area contributed by atoms with Crippen molar-refractivity contribution in [1.82, 2.24) is 19.8 Å². The van der Waals surface area contributed by atoms with Crippen LogP contribution in [0.15, 0.2) is 79.3 Å². The number of halogens is 2. The number of nitrogens with one attached hydrogen (secondary N) is 2. The van der Waals surface area contributed by atoms with E-state index >= 15 is 0 Å². The highest BCUT2D eigenvalue weighted by molar-refractivity contribution is 6.00. The van der Waals surface area contributed by atoms with Crippen molar-refractivity contribution < 1.29 is 27.9 Å². The number of nitrogens with zero attached hydrogens (tertiary/aromatic N) is 3. The van der Waals surface area contributed by atoms with E-state index < -0.39 is 23.4 Å². The number of carbonyl (C=O) groups excluding carboxylic acids is 3. The van der Waals surface area contributed by atoms with Crippen molar-refractivity contribution in [3.05, 3.63) is 108 Å². The second kappa shape index (κ2) is 12.0. The van der Waals surface area contributed by atoms with Gasteiger partial charge in [0.15, 0.2) is 11.6 Å². The van der Waals surface area contributed by atoms with E-state index in [0.717, 1.165) is 25.0 Å². The predicted molar refractivity (Wildman–Crippen MR) is 146 cm³/mol. The van der Waals surface area contributed by atoms with Crippen LogP contribution >= 0.6 is 0 Å². The number of fused-ring (bicyclic) bond motifs is 1. The van der Waals surface area contributed by atoms with Gasteiger partial charge in [0.05, 0.1) is 12.5 Å². The number of carbonyl (C=O) groups is 3. The molecule has 0 bridgehead atoms. The van der Waals surface area contributed by atoms with Crippen molar-refractivity contribution in [2.45, 2.75) is 18.9 Å². The summed E-state index contributed by atoms with van der Waals surface area (Å²) in [6.45, 7) is -0.676. The molecule has 0 fully saturated rings. The zero-order valence-electron chi connectivity index (χ0n) is 22.1. The molecule has 3 amide bonds. The van der Waals surface area contributed by atoms with Gasteiger partial charge in [-0.1, -0.05) is 24.3 Å². The molecule has 3 aromatic carbocycles. The fourth-order valence-electron chi connectivity index (χ4n) is 4.69. The van der Waals surface area contributed by atoms with Crippen LogP contribution in [0, 0.1) is 11.6 Å². The number of aromatic amines is 1. The van der Waals surface area contributed by atoms with Gasteiger partial charge in [-0.3, -0.25) is 14.4 Å². The van der Waals surface area contributed by atoms with Crippen LogP contribution in [-0.2, 0) is 22.4 Å². The van der Waals surface area contributed by atoms with Gasteiger partial charge in [-0.15, -0.1) is 0 Å². The molecular formula is C30H27F2N5O4. The summed E-state index contributed by atoms with van der Waals surface area (Å²) in [5, 5.41) is 2.70. The van der Waals surface area contributed by atoms with Gasteiger partial charge < -0.3 is 24.8 Å². The third-order valence-electron chi connectivity index (χ3n) is 6.91. The van der Waals surface area contributed by atoms with Crippen LogP contribution in [0.1, 0.15) is 21.6 Å². The summed E-state index contributed by atoms with van der Waals surface area (Å²) in [4.78, 5) is 48.7. The third kappa shape index (κ3) is 6.57. The number of ether oxygens (including phenoxy) is 1. The molecule has 1 aliphatic rings. The van der Waals surface area contributed by atoms with E-state index in [1.165, 1.54) is 34.6 Å². The van der Waals surface area contributed by atoms with Gasteiger partial charge in [-0.2, -0.15) is 0 Å². The van der Waals surface area contributed by atoms with Crippen LogP contribution < -0.4 is 10.1 Å². The van der Waals surface area contributed by atoms with Gasteiger partial charge >= 0.3 is 0 Å². The second-order valence-corrected chi connectivity index (χ2v) is 9.71. The molecule has 210 valence electrons. The number of imidazole rings is 1. The number of hydrogen-bond acceptors (Lipinski definition) is 5. The molecule has 0 atom stereocenters. The summed E-state index contributed by atoms with van der Waals surface area (Å²) in [5.74, 6) is -2.90. The van der Waals surface area contributed by atoms with Gasteiger partial charge in [0, 0.05) is 24.8 Å². The highest BCUT2D eigenvalue weighted by Gasteiger charge is 2.30. The van der Waals surface area contributed by atoms with Crippen molar-refractivity contribution in [3.63, 3.8) is 0 Å². The Morgan fingerprint density at radius 3 is 2.27 bits per heavy atom. The molecule has 0 unspecified atom stereocenters. The topological polar surface area (TPSA) is 108 Å². The maximum Gasteiger partial charge on any atom is 0.272 e. The van der Waals surface area contributed by atoms with Gasteiger partial charge in [0.2, 0.25) is 11.8 Å². The number of H-pyrrole nitrogens is 1. The van der Waals surface area contributed by atoms with E-state index in [2.05, 4.69) is 15.3 Å². The highest BCUT2D eigenvalue weighted by Crippen LogP contribution is 2.26. The van der Waals surface area contributed by atoms with E-state index in [1.54, 1.807) is 36.2 Å². The Balaban J connectivity index is 1.22. The van der Waals surface area contributed by atoms with Gasteiger partial charge in [-0.05, 0) is 60.4 Å². The van der Waals surface area contributed by atoms with Crippen LogP contribution in [0.2, 0.25) is 0 Å². The maximum atomic E-state index is 13.4. The normalized spacial score (nSPS) is 12.5. The standard InChI is InChI=1S/C30H27F2N5O4/c1-36(22-12-19-4-2-3-5-20(19)13-22)29(39)17-37(30(40)27-15-33-18-34-27)16-28(38)35-21-6-8-23(9-7-21)41-24-10-11-25(31)26(32)14-24/h2-11,14-15,18,22H,12-13,16-17H2,1H3,(H,33,34)(H,35,38). The number of rotatable bonds is 9. The first-order valence-corrected chi connectivity index (χ1v) is 12.9. The lowest BCUT2D eigenvalue weighted by atomic mass is 10.1. The molecule has 41 heavy (non-hydrogen) atoms. The molecule has 9 nitrogen and oxygen atoms in total. The van der Waals surface area contributed by atoms with Crippen molar-refractivity contribution in [2.75, 3.05) is 25.5 Å². The van der Waals surface area contributed by atoms with Gasteiger partial charge in [0.1, 0.15) is 30.3 Å². The Kier molecular flexibility index (Phi) is 8.04. The molecule has 0 radical (unpaired) electrons. The predicted octanol–water partition coefficient (Wildman–Crippen LogP) is 4.19. The summed E-state index contributed by atoms with van der Waals surface area (Å²) >= 11 is 0. The Morgan fingerprint density at radius 1 is 0.951 bits per heavy atom. The minimum absolute atomic E-state index is 0.0371. The van der Waals surface area contributed by atoms with Crippen molar-refractivity contribution >= 4 is 23.4 Å². The van der Waals surface area contributed by atoms with Crippen LogP contribution in [0.4, 0.5) is 14.5 Å². The molecule has 4 aromatic rings. The van der Waals surface area contributed by atoms with Crippen molar-refractivity contribution in [2.24, 2.45) is 0 Å². The zero-order chi connectivity index (χ0) is 28.9. The third-order valence-corrected chi connectivity index (χ3v) is 6.91. The number of benzene rings is 3. The molecule has 1 heterocycles. The molecule has 0 saturated heterocycles. The van der Waals surface area contributed by atoms with Gasteiger partial charge in [-0.25, -0.2) is 13.8 Å². The monoisotopic (exact) mass is 559 g/mol. The smallest absolute Gasteiger partial charge is 0.272 e. The van der Waals surface area contributed by atoms with Gasteiger partial charge in [0.25, 0.3) is 5.91 Å². The molecule has 0 saturated carbocycles. The number of amides is 3. The molecule has 2 N–H and O–H groups in total. The first-order valence-electron chi connectivity index (χ1n) is 12.9. The lowest BCUT2D eigenvalue weighted by Crippen LogP contribution is -2.47. The van der Waals surface area contributed by atoms with E-state index in [-0.39, 0.29) is 36.5 Å². The quantitative estimate of drug-likeness (QED) is 0.320. The summed E-state index contributed by atoms with van der Waals surface area (Å²) in [5.41, 5.74) is 2.96. The molecule has 0 spiro atoms. The largest absolute Gasteiger partial charge is 0.457 e. The molecule has 11 heteroatoms. The van der Waals surface area contributed by atoms with Crippen molar-refractivity contribution in [3.8, 4) is 11.5 Å². The lowest BCUT2D eigenvalue weighted by molar-refractivity contribution is -0.132. The number of hydrogen-bond donors (Lipinski definition) is 2. The molecule has 1 aromatic heterocycles. The van der Waals surface area contributed by atoms with Crippen LogP contribution in [0.5, 0.6) is 11.5 Å². The van der Waals surface area contributed by atoms with Crippen molar-refractivity contribution in [1.29, 1.82) is 0 Å². The van der Waals surface area contributed by atoms with E-state index in [1.807, 2.05) is 24.3 Å². The summed E-state index contributed by atoms with van der Waals surface area (Å²) in [7, 11) is 1.71. The van der Waals surface area contributed by atoms with Crippen LogP contribution in [0.25, 0.3) is 0 Å². The van der Waals surface area contributed by atoms with Crippen LogP contribution in [0.3, 0.4) is 0 Å². The Hall–Kier alpha value is -5.06. The van der Waals surface area contributed by atoms with E-state index in [4.69, 9.17) is 4.74 Å². The highest BCUT2D eigenvalue weighted by atomic mass is 19.2. The molecule has 0 aliphatic heterocycles. The summed E-state index contributed by atoms with van der Waals surface area (Å²) in [6.07, 6.45) is 4.13. The average molecular weight is 560 g/mol. The Morgan fingerprint density at radius 2 is 1.63 bits per heavy atom. The number of aromatic nitrogens is 2. The molecule has 1 aliphatic carbocycles. The molecular weight excluding hydrogens is 532 g/mol. The fourth-order valence-corrected chi connectivity index (χ4v) is 4.69. The van der Waals surface area contributed by atoms with Crippen LogP contribution in [-0.4, -0.2) is 63.7 Å². The number of anilines is 1. The minimum atomic E-state index is -1.03. The second-order valence-electron chi connectivity index (χ2n) is 9.71. The Labute approximate surface area is 234 Å². The summed E-state index contributed by atoms with van der Waals surface area (Å²) in [6, 6.07) is 17.4. The SMILES string of the molecule is CN(C(=O)CN(CC(=O)Nc1ccc(Oc2ccc(F)c(F)c2)cc1)C(=O)c1cnc[nH]1)C1Cc2ccccc2C1. The number of likely N-dealkylation sites (N-methyl/N-ethyl adjacent to an activating group) is 1. The average Bonchev–Trinajstić information content (AvgIpc) is 3.65. The maximum absolute atomic E-state index is 13.4. The lowest BCUT2D eigenvalue weighted by Gasteiger charge is -2.28. The zero-order valence-corrected chi connectivity index (χ0v) is 22.1. The fraction of sp³-hybridized carbons (Fsp3) is 0.200. The first-order chi connectivity index (χ1) is 19.8. The van der Waals surface area contributed by atoms with E-state index in [0.29, 0.717) is 11.4 Å². The first kappa shape index (κ1) is 27.5.